The van der Waals surface area contributed by atoms with Gasteiger partial charge in [0.1, 0.15) is 11.6 Å². The van der Waals surface area contributed by atoms with E-state index in [0.29, 0.717) is 22.7 Å². The second kappa shape index (κ2) is 9.43. The number of ether oxygens (including phenoxy) is 1. The number of methoxy groups -OCH3 is 1. The van der Waals surface area contributed by atoms with Gasteiger partial charge < -0.3 is 10.1 Å². The first-order valence-corrected chi connectivity index (χ1v) is 11.4. The largest absolute Gasteiger partial charge is 0.497 e. The molecule has 1 aliphatic heterocycles. The minimum Gasteiger partial charge on any atom is -0.497 e. The molecule has 0 radical (unpaired) electrons. The van der Waals surface area contributed by atoms with E-state index in [1.807, 2.05) is 91.9 Å². The van der Waals surface area contributed by atoms with Gasteiger partial charge in [0.2, 0.25) is 5.91 Å². The highest BCUT2D eigenvalue weighted by atomic mass is 16.5. The number of fused-ring (bicyclic) bond motifs is 1. The lowest BCUT2D eigenvalue weighted by Gasteiger charge is -2.41. The Bertz CT molecular complexity index is 1370. The van der Waals surface area contributed by atoms with Gasteiger partial charge in [-0.1, -0.05) is 54.6 Å². The lowest BCUT2D eigenvalue weighted by atomic mass is 9.78. The van der Waals surface area contributed by atoms with Crippen LogP contribution in [0.2, 0.25) is 0 Å². The molecular formula is C29H25N3O3. The van der Waals surface area contributed by atoms with Gasteiger partial charge in [-0.3, -0.25) is 14.5 Å². The summed E-state index contributed by atoms with van der Waals surface area (Å²) in [5, 5.41) is 2.99. The molecule has 4 aromatic rings. The number of carbonyl (C=O) groups excluding carboxylic acids is 2. The molecule has 0 spiro atoms. The number of aromatic nitrogens is 1. The maximum Gasteiger partial charge on any atom is 0.259 e. The van der Waals surface area contributed by atoms with Gasteiger partial charge in [-0.05, 0) is 60.5 Å². The molecule has 5 rings (SSSR count). The van der Waals surface area contributed by atoms with Crippen LogP contribution < -0.4 is 15.0 Å². The number of hydrogen-bond donors (Lipinski definition) is 1. The van der Waals surface area contributed by atoms with E-state index >= 15 is 0 Å². The third-order valence-electron chi connectivity index (χ3n) is 6.25. The van der Waals surface area contributed by atoms with Gasteiger partial charge in [-0.25, -0.2) is 4.98 Å². The Morgan fingerprint density at radius 2 is 1.60 bits per heavy atom. The number of para-hydroxylation sites is 1. The second-order valence-corrected chi connectivity index (χ2v) is 8.45. The minimum atomic E-state index is -0.667. The number of carbonyl (C=O) groups is 2. The third-order valence-corrected chi connectivity index (χ3v) is 6.25. The Balaban J connectivity index is 1.68. The highest BCUT2D eigenvalue weighted by molar-refractivity contribution is 6.12. The Morgan fingerprint density at radius 1 is 0.886 bits per heavy atom. The lowest BCUT2D eigenvalue weighted by Crippen LogP contribution is -2.46. The molecule has 1 aliphatic rings. The van der Waals surface area contributed by atoms with Crippen molar-refractivity contribution in [2.24, 2.45) is 0 Å². The van der Waals surface area contributed by atoms with E-state index in [0.717, 1.165) is 16.9 Å². The maximum absolute atomic E-state index is 13.9. The van der Waals surface area contributed by atoms with E-state index in [1.165, 1.54) is 0 Å². The van der Waals surface area contributed by atoms with Crippen LogP contribution in [0.1, 0.15) is 39.1 Å². The van der Waals surface area contributed by atoms with Crippen molar-refractivity contribution in [2.45, 2.75) is 18.9 Å². The van der Waals surface area contributed by atoms with Gasteiger partial charge in [0, 0.05) is 16.9 Å². The number of hydrogen-bond acceptors (Lipinski definition) is 4. The summed E-state index contributed by atoms with van der Waals surface area (Å²) in [6, 6.07) is 29.2. The second-order valence-electron chi connectivity index (χ2n) is 8.45. The summed E-state index contributed by atoms with van der Waals surface area (Å²) in [6.07, 6.45) is 0. The molecule has 2 heterocycles. The van der Waals surface area contributed by atoms with Crippen molar-refractivity contribution in [1.29, 1.82) is 0 Å². The zero-order valence-electron chi connectivity index (χ0n) is 19.5. The summed E-state index contributed by atoms with van der Waals surface area (Å²) in [7, 11) is 1.61. The summed E-state index contributed by atoms with van der Waals surface area (Å²) in [4.78, 5) is 33.9. The fourth-order valence-corrected chi connectivity index (χ4v) is 4.65. The van der Waals surface area contributed by atoms with E-state index in [1.54, 1.807) is 24.1 Å². The fourth-order valence-electron chi connectivity index (χ4n) is 4.65. The van der Waals surface area contributed by atoms with Gasteiger partial charge in [-0.15, -0.1) is 0 Å². The molecule has 0 aliphatic carbocycles. The third kappa shape index (κ3) is 4.26. The van der Waals surface area contributed by atoms with Gasteiger partial charge in [0.05, 0.1) is 19.1 Å². The fraction of sp³-hybridized carbons (Fsp3) is 0.138. The first-order valence-electron chi connectivity index (χ1n) is 11.4. The number of nitrogens with zero attached hydrogens (tertiary/aromatic N) is 2. The van der Waals surface area contributed by atoms with Crippen LogP contribution in [0, 0.1) is 6.92 Å². The zero-order chi connectivity index (χ0) is 24.4. The molecule has 1 aromatic heterocycles. The Hall–Kier alpha value is -4.45. The molecule has 0 fully saturated rings. The Kier molecular flexibility index (Phi) is 6.02. The van der Waals surface area contributed by atoms with E-state index in [4.69, 9.17) is 4.74 Å². The number of benzene rings is 3. The van der Waals surface area contributed by atoms with Crippen LogP contribution >= 0.6 is 0 Å². The summed E-state index contributed by atoms with van der Waals surface area (Å²) in [5.74, 6) is 0.131. The molecule has 6 heteroatoms. The molecule has 3 aromatic carbocycles. The van der Waals surface area contributed by atoms with Crippen LogP contribution in [0.3, 0.4) is 0 Å². The monoisotopic (exact) mass is 463 g/mol. The van der Waals surface area contributed by atoms with Crippen molar-refractivity contribution in [3.05, 3.63) is 119 Å². The van der Waals surface area contributed by atoms with E-state index in [-0.39, 0.29) is 11.8 Å². The summed E-state index contributed by atoms with van der Waals surface area (Å²) in [6.45, 7) is 1.88. The molecule has 2 amide bonds. The molecule has 0 saturated heterocycles. The SMILES string of the molecule is COc1ccc([C@@H]2[C@@H](C(=O)Nc3cccc(C)n3)c3ccccc3C(=O)N2c2ccccc2)cc1. The van der Waals surface area contributed by atoms with Crippen molar-refractivity contribution in [2.75, 3.05) is 17.3 Å². The molecule has 0 bridgehead atoms. The van der Waals surface area contributed by atoms with Crippen LogP contribution in [0.4, 0.5) is 11.5 Å². The number of nitrogens with one attached hydrogen (secondary N) is 1. The van der Waals surface area contributed by atoms with Gasteiger partial charge in [-0.2, -0.15) is 0 Å². The maximum atomic E-state index is 13.9. The minimum absolute atomic E-state index is 0.148. The molecular weight excluding hydrogens is 438 g/mol. The summed E-state index contributed by atoms with van der Waals surface area (Å²) in [5.41, 5.74) is 3.56. The molecule has 0 unspecified atom stereocenters. The molecule has 174 valence electrons. The first kappa shape index (κ1) is 22.3. The van der Waals surface area contributed by atoms with Crippen LogP contribution in [0.15, 0.2) is 97.1 Å². The highest BCUT2D eigenvalue weighted by Gasteiger charge is 2.44. The van der Waals surface area contributed by atoms with Crippen molar-refractivity contribution >= 4 is 23.3 Å². The topological polar surface area (TPSA) is 71.5 Å². The zero-order valence-corrected chi connectivity index (χ0v) is 19.5. The van der Waals surface area contributed by atoms with Crippen LogP contribution in [0.5, 0.6) is 5.75 Å². The predicted molar refractivity (Wildman–Crippen MR) is 136 cm³/mol. The molecule has 1 N–H and O–H groups in total. The normalized spacial score (nSPS) is 17.0. The number of rotatable bonds is 5. The van der Waals surface area contributed by atoms with Crippen molar-refractivity contribution in [1.82, 2.24) is 4.98 Å². The standard InChI is InChI=1S/C29H25N3O3/c1-19-9-8-14-25(30-19)31-28(33)26-23-12-6-7-13-24(23)29(34)32(21-10-4-3-5-11-21)27(26)20-15-17-22(35-2)18-16-20/h3-18,26-27H,1-2H3,(H,30,31,33)/t26-,27+/m0/s1. The summed E-state index contributed by atoms with van der Waals surface area (Å²) < 4.78 is 5.34. The average molecular weight is 464 g/mol. The van der Waals surface area contributed by atoms with Crippen molar-refractivity contribution in [3.8, 4) is 5.75 Å². The summed E-state index contributed by atoms with van der Waals surface area (Å²) >= 11 is 0. The smallest absolute Gasteiger partial charge is 0.259 e. The molecule has 6 nitrogen and oxygen atoms in total. The van der Waals surface area contributed by atoms with Crippen LogP contribution in [-0.4, -0.2) is 23.9 Å². The molecule has 0 saturated carbocycles. The number of amides is 2. The lowest BCUT2D eigenvalue weighted by molar-refractivity contribution is -0.118. The van der Waals surface area contributed by atoms with Gasteiger partial charge in [0.15, 0.2) is 0 Å². The van der Waals surface area contributed by atoms with E-state index < -0.39 is 12.0 Å². The highest BCUT2D eigenvalue weighted by Crippen LogP contribution is 2.45. The molecule has 2 atom stereocenters. The van der Waals surface area contributed by atoms with Crippen LogP contribution in [0.25, 0.3) is 0 Å². The van der Waals surface area contributed by atoms with Gasteiger partial charge >= 0.3 is 0 Å². The first-order chi connectivity index (χ1) is 17.1. The van der Waals surface area contributed by atoms with E-state index in [2.05, 4.69) is 10.3 Å². The van der Waals surface area contributed by atoms with Gasteiger partial charge in [0.25, 0.3) is 5.91 Å². The number of anilines is 2. The predicted octanol–water partition coefficient (Wildman–Crippen LogP) is 5.52. The van der Waals surface area contributed by atoms with Crippen LogP contribution in [-0.2, 0) is 4.79 Å². The number of pyridine rings is 1. The Morgan fingerprint density at radius 3 is 2.31 bits per heavy atom. The van der Waals surface area contributed by atoms with E-state index in [9.17, 15) is 9.59 Å². The van der Waals surface area contributed by atoms with Crippen molar-refractivity contribution in [3.63, 3.8) is 0 Å². The molecule has 35 heavy (non-hydrogen) atoms. The number of aryl methyl sites for hydroxylation is 1. The Labute approximate surface area is 204 Å². The van der Waals surface area contributed by atoms with Crippen molar-refractivity contribution < 1.29 is 14.3 Å². The quantitative estimate of drug-likeness (QED) is 0.423. The average Bonchev–Trinajstić information content (AvgIpc) is 2.89.